The Labute approximate surface area is 107 Å². The van der Waals surface area contributed by atoms with Crippen molar-refractivity contribution in [3.8, 4) is 11.8 Å². The van der Waals surface area contributed by atoms with Crippen LogP contribution in [0.25, 0.3) is 0 Å². The molecular formula is C10H8ClF2NO3S. The molecule has 0 fully saturated rings. The normalized spacial score (nSPS) is 11.3. The number of rotatable bonds is 4. The first kappa shape index (κ1) is 14.7. The summed E-state index contributed by atoms with van der Waals surface area (Å²) in [6.45, 7) is -1.60. The zero-order valence-electron chi connectivity index (χ0n) is 9.15. The first-order valence-electron chi connectivity index (χ1n) is 4.76. The van der Waals surface area contributed by atoms with Crippen LogP contribution in [0, 0.1) is 11.3 Å². The number of aryl methyl sites for hydroxylation is 1. The number of alkyl halides is 2. The van der Waals surface area contributed by atoms with Gasteiger partial charge in [0, 0.05) is 10.7 Å². The molecule has 98 valence electrons. The van der Waals surface area contributed by atoms with Gasteiger partial charge in [0.1, 0.15) is 10.6 Å². The summed E-state index contributed by atoms with van der Waals surface area (Å²) >= 11 is 0. The van der Waals surface area contributed by atoms with E-state index in [2.05, 4.69) is 4.74 Å². The molecule has 1 aromatic rings. The molecule has 0 heterocycles. The minimum Gasteiger partial charge on any atom is -0.433 e. The molecule has 0 N–H and O–H groups in total. The maximum atomic E-state index is 12.2. The molecule has 0 aliphatic carbocycles. The molecule has 0 saturated carbocycles. The van der Waals surface area contributed by atoms with Crippen molar-refractivity contribution in [2.24, 2.45) is 0 Å². The number of halogens is 3. The zero-order chi connectivity index (χ0) is 13.9. The van der Waals surface area contributed by atoms with Crippen molar-refractivity contribution in [2.75, 3.05) is 0 Å². The smallest absolute Gasteiger partial charge is 0.387 e. The maximum absolute atomic E-state index is 12.2. The van der Waals surface area contributed by atoms with Gasteiger partial charge < -0.3 is 4.74 Å². The molecule has 0 unspecified atom stereocenters. The number of ether oxygens (including phenoxy) is 1. The van der Waals surface area contributed by atoms with Gasteiger partial charge in [-0.05, 0) is 24.1 Å². The summed E-state index contributed by atoms with van der Waals surface area (Å²) in [6, 6.07) is 3.92. The SMILES string of the molecule is CCc1cc(C#N)cc(OC(F)F)c1S(=O)(=O)Cl. The van der Waals surface area contributed by atoms with Crippen LogP contribution in [-0.4, -0.2) is 15.0 Å². The molecule has 4 nitrogen and oxygen atoms in total. The van der Waals surface area contributed by atoms with Crippen LogP contribution in [0.4, 0.5) is 8.78 Å². The Morgan fingerprint density at radius 1 is 1.50 bits per heavy atom. The summed E-state index contributed by atoms with van der Waals surface area (Å²) in [4.78, 5) is -0.522. The van der Waals surface area contributed by atoms with Crippen molar-refractivity contribution in [3.63, 3.8) is 0 Å². The van der Waals surface area contributed by atoms with Gasteiger partial charge in [-0.25, -0.2) is 8.42 Å². The third-order valence-corrected chi connectivity index (χ3v) is 3.52. The van der Waals surface area contributed by atoms with Crippen LogP contribution in [0.3, 0.4) is 0 Å². The third-order valence-electron chi connectivity index (χ3n) is 2.10. The van der Waals surface area contributed by atoms with Crippen LogP contribution in [0.1, 0.15) is 18.1 Å². The molecule has 1 rings (SSSR count). The number of hydrogen-bond acceptors (Lipinski definition) is 4. The quantitative estimate of drug-likeness (QED) is 0.801. The zero-order valence-corrected chi connectivity index (χ0v) is 10.7. The van der Waals surface area contributed by atoms with Gasteiger partial charge in [0.2, 0.25) is 0 Å². The molecule has 0 spiro atoms. The minimum absolute atomic E-state index is 0.0200. The first-order valence-corrected chi connectivity index (χ1v) is 7.07. The molecular weight excluding hydrogens is 288 g/mol. The van der Waals surface area contributed by atoms with Crippen molar-refractivity contribution >= 4 is 19.7 Å². The van der Waals surface area contributed by atoms with Gasteiger partial charge in [-0.15, -0.1) is 0 Å². The van der Waals surface area contributed by atoms with E-state index in [1.807, 2.05) is 0 Å². The number of hydrogen-bond donors (Lipinski definition) is 0. The molecule has 0 aliphatic heterocycles. The van der Waals surface area contributed by atoms with Crippen molar-refractivity contribution in [2.45, 2.75) is 24.9 Å². The van der Waals surface area contributed by atoms with Crippen LogP contribution in [0.2, 0.25) is 0 Å². The van der Waals surface area contributed by atoms with E-state index in [0.717, 1.165) is 6.07 Å². The Balaban J connectivity index is 3.59. The van der Waals surface area contributed by atoms with Crippen molar-refractivity contribution in [1.29, 1.82) is 5.26 Å². The predicted octanol–water partition coefficient (Wildman–Crippen LogP) is 2.65. The summed E-state index contributed by atoms with van der Waals surface area (Å²) in [6.07, 6.45) is 0.205. The van der Waals surface area contributed by atoms with E-state index in [1.165, 1.54) is 6.07 Å². The summed E-state index contributed by atoms with van der Waals surface area (Å²) in [5, 5.41) is 8.73. The fourth-order valence-corrected chi connectivity index (χ4v) is 2.84. The van der Waals surface area contributed by atoms with E-state index >= 15 is 0 Å². The van der Waals surface area contributed by atoms with Crippen LogP contribution >= 0.6 is 10.7 Å². The van der Waals surface area contributed by atoms with Gasteiger partial charge >= 0.3 is 6.61 Å². The van der Waals surface area contributed by atoms with Gasteiger partial charge in [-0.3, -0.25) is 0 Å². The average Bonchev–Trinajstić information content (AvgIpc) is 2.25. The number of nitrogens with zero attached hydrogens (tertiary/aromatic N) is 1. The van der Waals surface area contributed by atoms with Gasteiger partial charge in [-0.1, -0.05) is 6.92 Å². The van der Waals surface area contributed by atoms with Crippen LogP contribution < -0.4 is 4.74 Å². The largest absolute Gasteiger partial charge is 0.433 e. The molecule has 18 heavy (non-hydrogen) atoms. The summed E-state index contributed by atoms with van der Waals surface area (Å²) in [7, 11) is 0.949. The van der Waals surface area contributed by atoms with Crippen LogP contribution in [0.5, 0.6) is 5.75 Å². The summed E-state index contributed by atoms with van der Waals surface area (Å²) in [5.41, 5.74) is 0.172. The van der Waals surface area contributed by atoms with Crippen molar-refractivity contribution in [3.05, 3.63) is 23.3 Å². The molecule has 0 bridgehead atoms. The van der Waals surface area contributed by atoms with E-state index in [0.29, 0.717) is 0 Å². The Morgan fingerprint density at radius 2 is 2.11 bits per heavy atom. The lowest BCUT2D eigenvalue weighted by molar-refractivity contribution is -0.0518. The highest BCUT2D eigenvalue weighted by Gasteiger charge is 2.24. The fourth-order valence-electron chi connectivity index (χ4n) is 1.45. The Hall–Kier alpha value is -1.39. The second kappa shape index (κ2) is 5.50. The fraction of sp³-hybridized carbons (Fsp3) is 0.300. The molecule has 0 radical (unpaired) electrons. The minimum atomic E-state index is -4.24. The Kier molecular flexibility index (Phi) is 4.48. The van der Waals surface area contributed by atoms with Gasteiger partial charge in [-0.2, -0.15) is 14.0 Å². The summed E-state index contributed by atoms with van der Waals surface area (Å²) < 4.78 is 51.3. The highest BCUT2D eigenvalue weighted by Crippen LogP contribution is 2.33. The topological polar surface area (TPSA) is 67.2 Å². The van der Waals surface area contributed by atoms with Gasteiger partial charge in [0.25, 0.3) is 9.05 Å². The number of nitriles is 1. The molecule has 0 atom stereocenters. The van der Waals surface area contributed by atoms with E-state index in [1.54, 1.807) is 13.0 Å². The Morgan fingerprint density at radius 3 is 2.50 bits per heavy atom. The molecule has 0 amide bonds. The monoisotopic (exact) mass is 295 g/mol. The lowest BCUT2D eigenvalue weighted by atomic mass is 10.1. The lowest BCUT2D eigenvalue weighted by Crippen LogP contribution is -2.08. The average molecular weight is 296 g/mol. The summed E-state index contributed by atoms with van der Waals surface area (Å²) in [5.74, 6) is -0.615. The Bertz CT molecular complexity index is 596. The van der Waals surface area contributed by atoms with E-state index in [9.17, 15) is 17.2 Å². The molecule has 0 aliphatic rings. The molecule has 1 aromatic carbocycles. The second-order valence-corrected chi connectivity index (χ2v) is 5.75. The second-order valence-electron chi connectivity index (χ2n) is 3.24. The predicted molar refractivity (Wildman–Crippen MR) is 60.2 cm³/mol. The van der Waals surface area contributed by atoms with Crippen molar-refractivity contribution in [1.82, 2.24) is 0 Å². The molecule has 0 saturated heterocycles. The molecule has 8 heteroatoms. The van der Waals surface area contributed by atoms with Gasteiger partial charge in [0.05, 0.1) is 11.6 Å². The van der Waals surface area contributed by atoms with E-state index in [-0.39, 0.29) is 17.5 Å². The highest BCUT2D eigenvalue weighted by molar-refractivity contribution is 8.13. The maximum Gasteiger partial charge on any atom is 0.387 e. The number of benzene rings is 1. The van der Waals surface area contributed by atoms with Crippen LogP contribution in [-0.2, 0) is 15.5 Å². The standard InChI is InChI=1S/C10H8ClF2NO3S/c1-2-7-3-6(5-14)4-8(17-10(12)13)9(7)18(11,15)16/h3-4,10H,2H2,1H3. The van der Waals surface area contributed by atoms with Gasteiger partial charge in [0.15, 0.2) is 0 Å². The van der Waals surface area contributed by atoms with Crippen LogP contribution in [0.15, 0.2) is 17.0 Å². The van der Waals surface area contributed by atoms with E-state index < -0.39 is 26.3 Å². The molecule has 0 aromatic heterocycles. The first-order chi connectivity index (χ1) is 8.29. The van der Waals surface area contributed by atoms with E-state index in [4.69, 9.17) is 15.9 Å². The van der Waals surface area contributed by atoms with Crippen molar-refractivity contribution < 1.29 is 21.9 Å². The highest BCUT2D eigenvalue weighted by atomic mass is 35.7. The third kappa shape index (κ3) is 3.31. The lowest BCUT2D eigenvalue weighted by Gasteiger charge is -2.12.